The fraction of sp³-hybridized carbons (Fsp3) is 0.321. The molecule has 1 saturated heterocycles. The molecule has 7 nitrogen and oxygen atoms in total. The van der Waals surface area contributed by atoms with Crippen molar-refractivity contribution in [2.24, 2.45) is 0 Å². The van der Waals surface area contributed by atoms with E-state index in [9.17, 15) is 9.59 Å². The third-order valence-electron chi connectivity index (χ3n) is 6.20. The normalized spacial score (nSPS) is 15.3. The van der Waals surface area contributed by atoms with Crippen LogP contribution >= 0.6 is 0 Å². The smallest absolute Gasteiger partial charge is 0.257 e. The molecule has 7 heteroatoms. The second-order valence-corrected chi connectivity index (χ2v) is 8.95. The molecule has 3 aromatic rings. The number of hydrogen-bond acceptors (Lipinski definition) is 6. The molecule has 2 heterocycles. The summed E-state index contributed by atoms with van der Waals surface area (Å²) in [6, 6.07) is 20.6. The lowest BCUT2D eigenvalue weighted by Crippen LogP contribution is -2.43. The van der Waals surface area contributed by atoms with E-state index in [1.807, 2.05) is 30.3 Å². The molecule has 1 aromatic heterocycles. The Bertz CT molecular complexity index is 1100. The fourth-order valence-electron chi connectivity index (χ4n) is 4.08. The van der Waals surface area contributed by atoms with Gasteiger partial charge in [-0.2, -0.15) is 0 Å². The van der Waals surface area contributed by atoms with Crippen molar-refractivity contribution in [1.82, 2.24) is 20.1 Å². The van der Waals surface area contributed by atoms with Crippen molar-refractivity contribution in [2.75, 3.05) is 33.2 Å². The maximum Gasteiger partial charge on any atom is 0.257 e. The number of nitrogens with zero attached hydrogens (tertiary/aromatic N) is 3. The van der Waals surface area contributed by atoms with Crippen molar-refractivity contribution in [1.29, 1.82) is 0 Å². The summed E-state index contributed by atoms with van der Waals surface area (Å²) in [7, 11) is 2.16. The molecule has 1 atom stereocenters. The number of pyridine rings is 1. The molecule has 0 aliphatic carbocycles. The van der Waals surface area contributed by atoms with Crippen LogP contribution in [0.4, 0.5) is 0 Å². The highest BCUT2D eigenvalue weighted by Gasteiger charge is 2.18. The van der Waals surface area contributed by atoms with Gasteiger partial charge in [0.05, 0.1) is 6.04 Å². The fourth-order valence-corrected chi connectivity index (χ4v) is 4.08. The van der Waals surface area contributed by atoms with Gasteiger partial charge in [0.25, 0.3) is 5.91 Å². The average molecular weight is 473 g/mol. The van der Waals surface area contributed by atoms with E-state index < -0.39 is 6.04 Å². The van der Waals surface area contributed by atoms with E-state index in [1.165, 1.54) is 5.56 Å². The van der Waals surface area contributed by atoms with Crippen LogP contribution in [0.3, 0.4) is 0 Å². The van der Waals surface area contributed by atoms with E-state index in [0.717, 1.165) is 50.1 Å². The van der Waals surface area contributed by atoms with Gasteiger partial charge in [-0.3, -0.25) is 9.69 Å². The topological polar surface area (TPSA) is 74.8 Å². The van der Waals surface area contributed by atoms with Gasteiger partial charge in [0.1, 0.15) is 18.5 Å². The Hall–Kier alpha value is -3.55. The molecule has 0 radical (unpaired) electrons. The summed E-state index contributed by atoms with van der Waals surface area (Å²) in [5, 5.41) is 2.78. The first kappa shape index (κ1) is 24.6. The molecule has 1 aliphatic rings. The Balaban J connectivity index is 1.33. The SMILES string of the molecule is CN1CCN(Cc2ccc(COc3ncccc3C(=O)NC(C=O)Cc3ccccc3)cc2)CC1. The lowest BCUT2D eigenvalue weighted by Gasteiger charge is -2.32. The second kappa shape index (κ2) is 12.2. The van der Waals surface area contributed by atoms with Gasteiger partial charge in [0, 0.05) is 38.9 Å². The second-order valence-electron chi connectivity index (χ2n) is 8.95. The molecule has 1 fully saturated rings. The molecule has 1 amide bonds. The van der Waals surface area contributed by atoms with Gasteiger partial charge in [-0.15, -0.1) is 0 Å². The average Bonchev–Trinajstić information content (AvgIpc) is 2.90. The van der Waals surface area contributed by atoms with Crippen LogP contribution in [0.15, 0.2) is 72.9 Å². The van der Waals surface area contributed by atoms with E-state index in [2.05, 4.69) is 51.4 Å². The van der Waals surface area contributed by atoms with Crippen molar-refractivity contribution < 1.29 is 14.3 Å². The number of amides is 1. The van der Waals surface area contributed by atoms with E-state index in [0.29, 0.717) is 18.6 Å². The summed E-state index contributed by atoms with van der Waals surface area (Å²) in [6.07, 6.45) is 2.77. The first-order valence-corrected chi connectivity index (χ1v) is 12.0. The minimum atomic E-state index is -0.634. The van der Waals surface area contributed by atoms with Crippen LogP contribution < -0.4 is 10.1 Å². The molecule has 4 rings (SSSR count). The van der Waals surface area contributed by atoms with Gasteiger partial charge < -0.3 is 19.7 Å². The van der Waals surface area contributed by atoms with Gasteiger partial charge in [-0.1, -0.05) is 54.6 Å². The molecule has 1 unspecified atom stereocenters. The van der Waals surface area contributed by atoms with Crippen molar-refractivity contribution in [3.05, 3.63) is 95.2 Å². The summed E-state index contributed by atoms with van der Waals surface area (Å²) >= 11 is 0. The molecular weight excluding hydrogens is 440 g/mol. The molecule has 0 saturated carbocycles. The van der Waals surface area contributed by atoms with Crippen LogP contribution in [0.25, 0.3) is 0 Å². The van der Waals surface area contributed by atoms with Gasteiger partial charge in [-0.05, 0) is 42.3 Å². The molecule has 2 aromatic carbocycles. The molecule has 1 aliphatic heterocycles. The number of piperazine rings is 1. The highest BCUT2D eigenvalue weighted by Crippen LogP contribution is 2.17. The maximum absolute atomic E-state index is 12.9. The predicted molar refractivity (Wildman–Crippen MR) is 135 cm³/mol. The van der Waals surface area contributed by atoms with Gasteiger partial charge in [-0.25, -0.2) is 4.98 Å². The Kier molecular flexibility index (Phi) is 8.59. The van der Waals surface area contributed by atoms with Crippen LogP contribution in [-0.2, 0) is 24.4 Å². The van der Waals surface area contributed by atoms with E-state index in [4.69, 9.17) is 4.74 Å². The molecule has 1 N–H and O–H groups in total. The number of hydrogen-bond donors (Lipinski definition) is 1. The third kappa shape index (κ3) is 7.21. The molecule has 35 heavy (non-hydrogen) atoms. The minimum absolute atomic E-state index is 0.246. The number of aldehydes is 1. The number of likely N-dealkylation sites (N-methyl/N-ethyl adjacent to an activating group) is 1. The van der Waals surface area contributed by atoms with Gasteiger partial charge >= 0.3 is 0 Å². The Morgan fingerprint density at radius 1 is 0.971 bits per heavy atom. The van der Waals surface area contributed by atoms with Crippen molar-refractivity contribution >= 4 is 12.2 Å². The third-order valence-corrected chi connectivity index (χ3v) is 6.20. The number of nitrogens with one attached hydrogen (secondary N) is 1. The first-order valence-electron chi connectivity index (χ1n) is 12.0. The zero-order valence-corrected chi connectivity index (χ0v) is 20.1. The maximum atomic E-state index is 12.9. The molecule has 182 valence electrons. The Morgan fingerprint density at radius 2 is 1.69 bits per heavy atom. The number of carbonyl (C=O) groups excluding carboxylic acids is 2. The minimum Gasteiger partial charge on any atom is -0.472 e. The Labute approximate surface area is 206 Å². The lowest BCUT2D eigenvalue weighted by molar-refractivity contribution is -0.109. The van der Waals surface area contributed by atoms with Crippen molar-refractivity contribution in [3.8, 4) is 5.88 Å². The number of rotatable bonds is 10. The van der Waals surface area contributed by atoms with Gasteiger partial charge in [0.2, 0.25) is 5.88 Å². The molecular formula is C28H32N4O3. The summed E-state index contributed by atoms with van der Waals surface area (Å²) in [5.74, 6) is -0.139. The van der Waals surface area contributed by atoms with Crippen LogP contribution in [0.2, 0.25) is 0 Å². The molecule has 0 bridgehead atoms. The monoisotopic (exact) mass is 472 g/mol. The number of ether oxygens (including phenoxy) is 1. The zero-order chi connectivity index (χ0) is 24.5. The summed E-state index contributed by atoms with van der Waals surface area (Å²) in [5.41, 5.74) is 3.55. The van der Waals surface area contributed by atoms with Crippen molar-refractivity contribution in [2.45, 2.75) is 25.6 Å². The predicted octanol–water partition coefficient (Wildman–Crippen LogP) is 2.95. The van der Waals surface area contributed by atoms with Gasteiger partial charge in [0.15, 0.2) is 0 Å². The van der Waals surface area contributed by atoms with E-state index in [-0.39, 0.29) is 11.8 Å². The number of carbonyl (C=O) groups is 2. The molecule has 0 spiro atoms. The lowest BCUT2D eigenvalue weighted by atomic mass is 10.1. The standard InChI is InChI=1S/C28H32N4O3/c1-31-14-16-32(17-15-31)19-23-9-11-24(12-10-23)21-35-28-26(8-5-13-29-28)27(34)30-25(20-33)18-22-6-3-2-4-7-22/h2-13,20,25H,14-19,21H2,1H3,(H,30,34). The van der Waals surface area contributed by atoms with Crippen LogP contribution in [0.1, 0.15) is 27.0 Å². The first-order chi connectivity index (χ1) is 17.1. The summed E-state index contributed by atoms with van der Waals surface area (Å²) < 4.78 is 5.90. The van der Waals surface area contributed by atoms with E-state index >= 15 is 0 Å². The quantitative estimate of drug-likeness (QED) is 0.458. The zero-order valence-electron chi connectivity index (χ0n) is 20.1. The van der Waals surface area contributed by atoms with Crippen molar-refractivity contribution in [3.63, 3.8) is 0 Å². The largest absolute Gasteiger partial charge is 0.472 e. The highest BCUT2D eigenvalue weighted by atomic mass is 16.5. The van der Waals surface area contributed by atoms with Crippen LogP contribution in [-0.4, -0.2) is 66.2 Å². The Morgan fingerprint density at radius 3 is 2.40 bits per heavy atom. The summed E-state index contributed by atoms with van der Waals surface area (Å²) in [4.78, 5) is 33.5. The number of benzene rings is 2. The highest BCUT2D eigenvalue weighted by molar-refractivity contribution is 5.97. The van der Waals surface area contributed by atoms with E-state index in [1.54, 1.807) is 18.3 Å². The van der Waals surface area contributed by atoms with Crippen LogP contribution in [0.5, 0.6) is 5.88 Å². The number of aromatic nitrogens is 1. The summed E-state index contributed by atoms with van der Waals surface area (Å²) in [6.45, 7) is 5.62. The van der Waals surface area contributed by atoms with Crippen LogP contribution in [0, 0.1) is 0 Å².